The Morgan fingerprint density at radius 1 is 1.53 bits per heavy atom. The standard InChI is InChI=1S/C13H14BrFN2O2/c14-10-2-1-3-11(7-10)17-8-9(6-12(17)18)13(19)16-5-4-15/h1-3,7,9H,4-6,8H2,(H,16,19)/t9-/m0/s1. The molecule has 6 heteroatoms. The number of alkyl halides is 1. The van der Waals surface area contributed by atoms with Crippen LogP contribution in [-0.4, -0.2) is 31.6 Å². The molecule has 0 saturated carbocycles. The first-order valence-corrected chi connectivity index (χ1v) is 6.80. The summed E-state index contributed by atoms with van der Waals surface area (Å²) in [5, 5.41) is 2.48. The lowest BCUT2D eigenvalue weighted by Crippen LogP contribution is -2.34. The van der Waals surface area contributed by atoms with Gasteiger partial charge in [0.15, 0.2) is 0 Å². The van der Waals surface area contributed by atoms with Gasteiger partial charge in [0.05, 0.1) is 5.92 Å². The fraction of sp³-hybridized carbons (Fsp3) is 0.385. The van der Waals surface area contributed by atoms with Crippen molar-refractivity contribution < 1.29 is 14.0 Å². The molecule has 0 aromatic heterocycles. The van der Waals surface area contributed by atoms with E-state index in [-0.39, 0.29) is 24.8 Å². The van der Waals surface area contributed by atoms with Gasteiger partial charge in [-0.2, -0.15) is 0 Å². The number of halogens is 2. The highest BCUT2D eigenvalue weighted by molar-refractivity contribution is 9.10. The molecule has 0 unspecified atom stereocenters. The SMILES string of the molecule is O=C(NCCF)[C@H]1CC(=O)N(c2cccc(Br)c2)C1. The van der Waals surface area contributed by atoms with Crippen molar-refractivity contribution in [2.75, 3.05) is 24.7 Å². The summed E-state index contributed by atoms with van der Waals surface area (Å²) in [4.78, 5) is 25.2. The van der Waals surface area contributed by atoms with Crippen LogP contribution in [0.2, 0.25) is 0 Å². The van der Waals surface area contributed by atoms with E-state index < -0.39 is 12.6 Å². The van der Waals surface area contributed by atoms with Crippen LogP contribution in [0.5, 0.6) is 0 Å². The second-order valence-electron chi connectivity index (χ2n) is 4.37. The van der Waals surface area contributed by atoms with Gasteiger partial charge in [-0.15, -0.1) is 0 Å². The zero-order valence-electron chi connectivity index (χ0n) is 10.2. The lowest BCUT2D eigenvalue weighted by molar-refractivity contribution is -0.126. The summed E-state index contributed by atoms with van der Waals surface area (Å²) in [5.41, 5.74) is 0.764. The summed E-state index contributed by atoms with van der Waals surface area (Å²) in [6, 6.07) is 7.36. The number of amides is 2. The number of benzene rings is 1. The normalized spacial score (nSPS) is 18.7. The van der Waals surface area contributed by atoms with Gasteiger partial charge in [-0.3, -0.25) is 9.59 Å². The molecule has 1 heterocycles. The number of anilines is 1. The van der Waals surface area contributed by atoms with E-state index in [1.807, 2.05) is 24.3 Å². The second kappa shape index (κ2) is 6.14. The third-order valence-corrected chi connectivity index (χ3v) is 3.50. The van der Waals surface area contributed by atoms with Crippen LogP contribution in [-0.2, 0) is 9.59 Å². The molecular formula is C13H14BrFN2O2. The Morgan fingerprint density at radius 3 is 3.00 bits per heavy atom. The topological polar surface area (TPSA) is 49.4 Å². The maximum Gasteiger partial charge on any atom is 0.227 e. The zero-order valence-corrected chi connectivity index (χ0v) is 11.8. The van der Waals surface area contributed by atoms with E-state index in [1.54, 1.807) is 4.90 Å². The van der Waals surface area contributed by atoms with Gasteiger partial charge in [0.25, 0.3) is 0 Å². The summed E-state index contributed by atoms with van der Waals surface area (Å²) >= 11 is 3.35. The van der Waals surface area contributed by atoms with Crippen molar-refractivity contribution in [2.24, 2.45) is 5.92 Å². The third kappa shape index (κ3) is 3.32. The lowest BCUT2D eigenvalue weighted by Gasteiger charge is -2.16. The second-order valence-corrected chi connectivity index (χ2v) is 5.28. The molecule has 1 N–H and O–H groups in total. The Balaban J connectivity index is 2.05. The number of hydrogen-bond donors (Lipinski definition) is 1. The molecule has 0 aliphatic carbocycles. The average molecular weight is 329 g/mol. The first-order valence-electron chi connectivity index (χ1n) is 6.01. The van der Waals surface area contributed by atoms with E-state index in [0.29, 0.717) is 6.54 Å². The molecule has 1 atom stereocenters. The molecule has 2 amide bonds. The Kier molecular flexibility index (Phi) is 4.52. The lowest BCUT2D eigenvalue weighted by atomic mass is 10.1. The van der Waals surface area contributed by atoms with E-state index in [9.17, 15) is 14.0 Å². The minimum atomic E-state index is -0.595. The van der Waals surface area contributed by atoms with Gasteiger partial charge >= 0.3 is 0 Å². The van der Waals surface area contributed by atoms with Crippen LogP contribution >= 0.6 is 15.9 Å². The quantitative estimate of drug-likeness (QED) is 0.917. The summed E-state index contributed by atoms with van der Waals surface area (Å²) in [6.07, 6.45) is 0.171. The van der Waals surface area contributed by atoms with Crippen molar-refractivity contribution in [1.82, 2.24) is 5.32 Å². The van der Waals surface area contributed by atoms with E-state index in [1.165, 1.54) is 0 Å². The summed E-state index contributed by atoms with van der Waals surface area (Å²) < 4.78 is 12.9. The van der Waals surface area contributed by atoms with Crippen molar-refractivity contribution in [1.29, 1.82) is 0 Å². The Bertz CT molecular complexity index is 495. The molecule has 2 rings (SSSR count). The molecule has 1 fully saturated rings. The smallest absolute Gasteiger partial charge is 0.227 e. The number of carbonyl (C=O) groups excluding carboxylic acids is 2. The van der Waals surface area contributed by atoms with Crippen LogP contribution < -0.4 is 10.2 Å². The first-order chi connectivity index (χ1) is 9.11. The van der Waals surface area contributed by atoms with Crippen LogP contribution in [0.15, 0.2) is 28.7 Å². The maximum atomic E-state index is 12.0. The number of hydrogen-bond acceptors (Lipinski definition) is 2. The summed E-state index contributed by atoms with van der Waals surface area (Å²) in [7, 11) is 0. The van der Waals surface area contributed by atoms with Gasteiger partial charge in [-0.1, -0.05) is 22.0 Å². The molecule has 1 aromatic rings. The molecule has 0 bridgehead atoms. The molecule has 0 radical (unpaired) electrons. The molecular weight excluding hydrogens is 315 g/mol. The van der Waals surface area contributed by atoms with Crippen LogP contribution in [0.3, 0.4) is 0 Å². The molecule has 0 spiro atoms. The van der Waals surface area contributed by atoms with Gasteiger partial charge in [0, 0.05) is 29.7 Å². The van der Waals surface area contributed by atoms with Gasteiger partial charge in [-0.05, 0) is 18.2 Å². The number of carbonyl (C=O) groups is 2. The Hall–Kier alpha value is -1.43. The predicted octanol–water partition coefficient (Wildman–Crippen LogP) is 1.89. The van der Waals surface area contributed by atoms with Crippen molar-refractivity contribution in [3.8, 4) is 0 Å². The van der Waals surface area contributed by atoms with Gasteiger partial charge in [0.2, 0.25) is 11.8 Å². The fourth-order valence-corrected chi connectivity index (χ4v) is 2.48. The number of rotatable bonds is 4. The zero-order chi connectivity index (χ0) is 13.8. The Labute approximate surface area is 119 Å². The summed E-state index contributed by atoms with van der Waals surface area (Å²) in [5.74, 6) is -0.750. The van der Waals surface area contributed by atoms with Gasteiger partial charge in [0.1, 0.15) is 6.67 Å². The monoisotopic (exact) mass is 328 g/mol. The molecule has 1 aliphatic heterocycles. The van der Waals surface area contributed by atoms with E-state index in [2.05, 4.69) is 21.2 Å². The molecule has 102 valence electrons. The summed E-state index contributed by atoms with van der Waals surface area (Å²) in [6.45, 7) is -0.254. The van der Waals surface area contributed by atoms with Crippen molar-refractivity contribution in [3.63, 3.8) is 0 Å². The largest absolute Gasteiger partial charge is 0.353 e. The van der Waals surface area contributed by atoms with Crippen molar-refractivity contribution in [2.45, 2.75) is 6.42 Å². The molecule has 4 nitrogen and oxygen atoms in total. The first kappa shape index (κ1) is 14.0. The third-order valence-electron chi connectivity index (χ3n) is 3.01. The maximum absolute atomic E-state index is 12.0. The van der Waals surface area contributed by atoms with E-state index in [0.717, 1.165) is 10.2 Å². The number of nitrogens with one attached hydrogen (secondary N) is 1. The highest BCUT2D eigenvalue weighted by Crippen LogP contribution is 2.27. The average Bonchev–Trinajstić information content (AvgIpc) is 2.78. The molecule has 1 saturated heterocycles. The van der Waals surface area contributed by atoms with E-state index in [4.69, 9.17) is 0 Å². The van der Waals surface area contributed by atoms with Crippen molar-refractivity contribution >= 4 is 33.4 Å². The molecule has 19 heavy (non-hydrogen) atoms. The van der Waals surface area contributed by atoms with Crippen molar-refractivity contribution in [3.05, 3.63) is 28.7 Å². The van der Waals surface area contributed by atoms with Gasteiger partial charge in [-0.25, -0.2) is 4.39 Å². The Morgan fingerprint density at radius 2 is 2.32 bits per heavy atom. The molecule has 1 aliphatic rings. The van der Waals surface area contributed by atoms with Crippen LogP contribution in [0, 0.1) is 5.92 Å². The van der Waals surface area contributed by atoms with Gasteiger partial charge < -0.3 is 10.2 Å². The van der Waals surface area contributed by atoms with Crippen LogP contribution in [0.1, 0.15) is 6.42 Å². The highest BCUT2D eigenvalue weighted by Gasteiger charge is 2.34. The van der Waals surface area contributed by atoms with Crippen LogP contribution in [0.25, 0.3) is 0 Å². The molecule has 1 aromatic carbocycles. The van der Waals surface area contributed by atoms with E-state index >= 15 is 0 Å². The minimum absolute atomic E-state index is 0.000406. The predicted molar refractivity (Wildman–Crippen MR) is 73.6 cm³/mol. The minimum Gasteiger partial charge on any atom is -0.353 e. The highest BCUT2D eigenvalue weighted by atomic mass is 79.9. The fourth-order valence-electron chi connectivity index (χ4n) is 2.09. The number of nitrogens with zero attached hydrogens (tertiary/aromatic N) is 1. The van der Waals surface area contributed by atoms with Crippen LogP contribution in [0.4, 0.5) is 10.1 Å².